The number of aliphatic hydroxyl groups is 1. The average Bonchev–Trinajstić information content (AvgIpc) is 3.30. The smallest absolute Gasteiger partial charge is 0.268 e. The average molecular weight is 986 g/mol. The van der Waals surface area contributed by atoms with E-state index in [1.54, 1.807) is 0 Å². The summed E-state index contributed by atoms with van der Waals surface area (Å²) in [5.41, 5.74) is 0. The van der Waals surface area contributed by atoms with Gasteiger partial charge in [0.05, 0.1) is 39.9 Å². The Hall–Kier alpha value is -0.500. The number of phosphoric ester groups is 1. The highest BCUT2D eigenvalue weighted by atomic mass is 31.2. The van der Waals surface area contributed by atoms with Crippen molar-refractivity contribution in [1.82, 2.24) is 5.32 Å². The molecule has 0 saturated carbocycles. The summed E-state index contributed by atoms with van der Waals surface area (Å²) in [6, 6.07) is -0.795. The van der Waals surface area contributed by atoms with Crippen molar-refractivity contribution < 1.29 is 32.9 Å². The van der Waals surface area contributed by atoms with Gasteiger partial charge in [0.25, 0.3) is 7.82 Å². The molecule has 0 aliphatic rings. The summed E-state index contributed by atoms with van der Waals surface area (Å²) in [5, 5.41) is 14.0. The minimum Gasteiger partial charge on any atom is -0.756 e. The molecule has 0 fully saturated rings. The first kappa shape index (κ1) is 67.5. The normalized spacial score (nSPS) is 13.8. The molecule has 8 nitrogen and oxygen atoms in total. The lowest BCUT2D eigenvalue weighted by atomic mass is 10.0. The summed E-state index contributed by atoms with van der Waals surface area (Å²) in [6.07, 6.45) is 61.5. The fourth-order valence-corrected chi connectivity index (χ4v) is 10.3. The molecule has 0 rings (SSSR count). The minimum atomic E-state index is -4.57. The highest BCUT2D eigenvalue weighted by Crippen LogP contribution is 2.38. The van der Waals surface area contributed by atoms with E-state index in [9.17, 15) is 19.4 Å². The Balaban J connectivity index is 3.99. The van der Waals surface area contributed by atoms with Crippen molar-refractivity contribution in [3.63, 3.8) is 0 Å². The van der Waals surface area contributed by atoms with Gasteiger partial charge >= 0.3 is 0 Å². The molecule has 3 atom stereocenters. The Morgan fingerprint density at radius 2 is 0.721 bits per heavy atom. The third-order valence-electron chi connectivity index (χ3n) is 14.3. The molecular formula is C59H121N2O6P. The Kier molecular flexibility index (Phi) is 51.0. The second-order valence-electron chi connectivity index (χ2n) is 22.4. The maximum Gasteiger partial charge on any atom is 0.268 e. The standard InChI is InChI=1S/C59H121N2O6P/c1-6-8-10-12-14-16-18-20-22-23-24-25-26-27-28-29-30-31-32-33-34-35-36-37-39-40-42-44-46-48-50-52-58(62)57(56-67-68(64,65)66-55-54-61(3,4)5)60-59(63)53-51-49-47-45-43-41-38-21-19-17-15-13-11-9-7-2/h57-58,62H,6-56H2,1-5H3,(H-,60,63,64,65). The van der Waals surface area contributed by atoms with Crippen LogP contribution in [0.2, 0.25) is 0 Å². The number of hydrogen-bond donors (Lipinski definition) is 2. The molecule has 0 aromatic heterocycles. The van der Waals surface area contributed by atoms with Crippen molar-refractivity contribution in [1.29, 1.82) is 0 Å². The summed E-state index contributed by atoms with van der Waals surface area (Å²) in [5.74, 6) is -0.157. The maximum absolute atomic E-state index is 13.0. The molecule has 3 unspecified atom stereocenters. The van der Waals surface area contributed by atoms with Gasteiger partial charge in [0.15, 0.2) is 0 Å². The SMILES string of the molecule is CCCCCCCCCCCCCCCCCCCCCCCCCCCCCCCCCC(O)C(COP(=O)([O-])OCC[N+](C)(C)C)NC(=O)CCCCCCCCCCCCCCCCC. The number of phosphoric acid groups is 1. The van der Waals surface area contributed by atoms with E-state index in [0.29, 0.717) is 23.9 Å². The van der Waals surface area contributed by atoms with E-state index in [-0.39, 0.29) is 19.1 Å². The highest BCUT2D eigenvalue weighted by molar-refractivity contribution is 7.45. The molecule has 68 heavy (non-hydrogen) atoms. The fraction of sp³-hybridized carbons (Fsp3) is 0.983. The van der Waals surface area contributed by atoms with Gasteiger partial charge in [0.2, 0.25) is 5.91 Å². The number of aliphatic hydroxyl groups excluding tert-OH is 1. The number of quaternary nitrogens is 1. The lowest BCUT2D eigenvalue weighted by Gasteiger charge is -2.30. The van der Waals surface area contributed by atoms with Gasteiger partial charge in [-0.05, 0) is 12.8 Å². The molecule has 0 heterocycles. The molecular weight excluding hydrogens is 864 g/mol. The van der Waals surface area contributed by atoms with Gasteiger partial charge in [-0.25, -0.2) is 0 Å². The summed E-state index contributed by atoms with van der Waals surface area (Å²) in [7, 11) is 1.33. The van der Waals surface area contributed by atoms with Gasteiger partial charge in [-0.2, -0.15) is 0 Å². The Morgan fingerprint density at radius 3 is 1.00 bits per heavy atom. The molecule has 0 saturated heterocycles. The van der Waals surface area contributed by atoms with E-state index in [0.717, 1.165) is 38.5 Å². The number of rotatable bonds is 57. The third-order valence-corrected chi connectivity index (χ3v) is 15.3. The summed E-state index contributed by atoms with van der Waals surface area (Å²) >= 11 is 0. The Bertz CT molecular complexity index is 1070. The van der Waals surface area contributed by atoms with Crippen LogP contribution < -0.4 is 10.2 Å². The largest absolute Gasteiger partial charge is 0.756 e. The third kappa shape index (κ3) is 53.3. The van der Waals surface area contributed by atoms with Crippen LogP contribution in [0.4, 0.5) is 0 Å². The van der Waals surface area contributed by atoms with Crippen LogP contribution in [0.15, 0.2) is 0 Å². The van der Waals surface area contributed by atoms with Crippen LogP contribution in [0, 0.1) is 0 Å². The zero-order valence-corrected chi connectivity index (χ0v) is 47.5. The van der Waals surface area contributed by atoms with Gasteiger partial charge in [-0.1, -0.05) is 303 Å². The monoisotopic (exact) mass is 985 g/mol. The lowest BCUT2D eigenvalue weighted by molar-refractivity contribution is -0.870. The van der Waals surface area contributed by atoms with E-state index in [4.69, 9.17) is 9.05 Å². The molecule has 408 valence electrons. The van der Waals surface area contributed by atoms with Crippen LogP contribution in [0.1, 0.15) is 322 Å². The van der Waals surface area contributed by atoms with Crippen LogP contribution in [0.3, 0.4) is 0 Å². The number of nitrogens with one attached hydrogen (secondary N) is 1. The van der Waals surface area contributed by atoms with Gasteiger partial charge in [0.1, 0.15) is 13.2 Å². The minimum absolute atomic E-state index is 0.0166. The number of carbonyl (C=O) groups excluding carboxylic acids is 1. The van der Waals surface area contributed by atoms with Crippen molar-refractivity contribution >= 4 is 13.7 Å². The number of unbranched alkanes of at least 4 members (excludes halogenated alkanes) is 44. The molecule has 9 heteroatoms. The molecule has 2 N–H and O–H groups in total. The zero-order valence-electron chi connectivity index (χ0n) is 46.6. The van der Waals surface area contributed by atoms with Crippen LogP contribution in [-0.2, 0) is 18.4 Å². The zero-order chi connectivity index (χ0) is 49.9. The molecule has 0 spiro atoms. The number of hydrogen-bond acceptors (Lipinski definition) is 6. The number of nitrogens with zero attached hydrogens (tertiary/aromatic N) is 1. The number of carbonyl (C=O) groups is 1. The van der Waals surface area contributed by atoms with E-state index in [1.165, 1.54) is 257 Å². The first-order chi connectivity index (χ1) is 33.0. The second-order valence-corrected chi connectivity index (χ2v) is 23.8. The van der Waals surface area contributed by atoms with Crippen molar-refractivity contribution in [3.8, 4) is 0 Å². The molecule has 1 amide bonds. The van der Waals surface area contributed by atoms with E-state index >= 15 is 0 Å². The van der Waals surface area contributed by atoms with Crippen LogP contribution in [0.5, 0.6) is 0 Å². The predicted octanol–water partition coefficient (Wildman–Crippen LogP) is 17.8. The van der Waals surface area contributed by atoms with Gasteiger partial charge in [-0.3, -0.25) is 9.36 Å². The molecule has 0 aliphatic carbocycles. The van der Waals surface area contributed by atoms with Crippen LogP contribution >= 0.6 is 7.82 Å². The summed E-state index contributed by atoms with van der Waals surface area (Å²) < 4.78 is 23.4. The van der Waals surface area contributed by atoms with Gasteiger partial charge in [-0.15, -0.1) is 0 Å². The lowest BCUT2D eigenvalue weighted by Crippen LogP contribution is -2.46. The Labute approximate surface area is 425 Å². The van der Waals surface area contributed by atoms with Gasteiger partial charge < -0.3 is 28.8 Å². The second kappa shape index (κ2) is 51.4. The first-order valence-electron chi connectivity index (χ1n) is 30.4. The quantitative estimate of drug-likeness (QED) is 0.0357. The Morgan fingerprint density at radius 1 is 0.456 bits per heavy atom. The van der Waals surface area contributed by atoms with Gasteiger partial charge in [0, 0.05) is 6.42 Å². The molecule has 0 aromatic carbocycles. The predicted molar refractivity (Wildman–Crippen MR) is 293 cm³/mol. The van der Waals surface area contributed by atoms with Crippen molar-refractivity contribution in [2.45, 2.75) is 334 Å². The number of likely N-dealkylation sites (N-methyl/N-ethyl adjacent to an activating group) is 1. The molecule has 0 aliphatic heterocycles. The summed E-state index contributed by atoms with van der Waals surface area (Å²) in [6.45, 7) is 4.78. The topological polar surface area (TPSA) is 108 Å². The van der Waals surface area contributed by atoms with Crippen LogP contribution in [0.25, 0.3) is 0 Å². The molecule has 0 aromatic rings. The molecule has 0 radical (unpaired) electrons. The fourth-order valence-electron chi connectivity index (χ4n) is 9.57. The van der Waals surface area contributed by atoms with Crippen molar-refractivity contribution in [2.24, 2.45) is 0 Å². The van der Waals surface area contributed by atoms with Crippen LogP contribution in [-0.4, -0.2) is 68.5 Å². The van der Waals surface area contributed by atoms with Crippen molar-refractivity contribution in [2.75, 3.05) is 40.9 Å². The number of amides is 1. The summed E-state index contributed by atoms with van der Waals surface area (Å²) in [4.78, 5) is 25.5. The van der Waals surface area contributed by atoms with E-state index < -0.39 is 20.0 Å². The molecule has 0 bridgehead atoms. The van der Waals surface area contributed by atoms with E-state index in [1.807, 2.05) is 21.1 Å². The highest BCUT2D eigenvalue weighted by Gasteiger charge is 2.24. The van der Waals surface area contributed by atoms with E-state index in [2.05, 4.69) is 19.2 Å². The first-order valence-corrected chi connectivity index (χ1v) is 31.8. The van der Waals surface area contributed by atoms with Crippen molar-refractivity contribution in [3.05, 3.63) is 0 Å². The maximum atomic E-state index is 13.0.